The second-order valence-electron chi connectivity index (χ2n) is 7.48. The van der Waals surface area contributed by atoms with Crippen molar-refractivity contribution in [2.75, 3.05) is 18.5 Å². The highest BCUT2D eigenvalue weighted by molar-refractivity contribution is 5.92. The molecule has 30 heavy (non-hydrogen) atoms. The lowest BCUT2D eigenvalue weighted by molar-refractivity contribution is 0.0687. The van der Waals surface area contributed by atoms with E-state index in [4.69, 9.17) is 4.74 Å². The molecule has 9 nitrogen and oxygen atoms in total. The summed E-state index contributed by atoms with van der Waals surface area (Å²) in [5.41, 5.74) is 2.93. The largest absolute Gasteiger partial charge is 0.382 e. The van der Waals surface area contributed by atoms with E-state index in [0.29, 0.717) is 30.4 Å². The van der Waals surface area contributed by atoms with Gasteiger partial charge < -0.3 is 20.1 Å². The Balaban J connectivity index is 2.05. The van der Waals surface area contributed by atoms with E-state index in [2.05, 4.69) is 30.6 Å². The normalized spacial score (nSPS) is 12.7. The molecule has 0 radical (unpaired) electrons. The minimum absolute atomic E-state index is 0.188. The van der Waals surface area contributed by atoms with E-state index in [0.717, 1.165) is 22.2 Å². The van der Waals surface area contributed by atoms with Crippen LogP contribution < -0.4 is 10.6 Å². The molecule has 160 valence electrons. The molecular weight excluding hydrogens is 384 g/mol. The molecule has 9 heteroatoms. The van der Waals surface area contributed by atoms with E-state index in [1.165, 1.54) is 0 Å². The summed E-state index contributed by atoms with van der Waals surface area (Å²) in [6, 6.07) is 3.57. The van der Waals surface area contributed by atoms with Gasteiger partial charge in [-0.05, 0) is 52.3 Å². The molecule has 0 aliphatic heterocycles. The number of imidazole rings is 1. The summed E-state index contributed by atoms with van der Waals surface area (Å²) in [7, 11) is 0. The topological polar surface area (TPSA) is 125 Å². The lowest BCUT2D eigenvalue weighted by atomic mass is 10.0. The molecule has 0 fully saturated rings. The number of ether oxygens (including phenoxy) is 1. The molecule has 3 rings (SSSR count). The molecule has 0 saturated heterocycles. The molecular formula is C21H28N6O3. The van der Waals surface area contributed by atoms with Crippen molar-refractivity contribution < 1.29 is 14.6 Å². The van der Waals surface area contributed by atoms with Crippen molar-refractivity contribution in [1.82, 2.24) is 25.3 Å². The Kier molecular flexibility index (Phi) is 6.33. The van der Waals surface area contributed by atoms with Gasteiger partial charge in [-0.25, -0.2) is 19.7 Å². The van der Waals surface area contributed by atoms with Crippen LogP contribution in [-0.4, -0.2) is 44.2 Å². The van der Waals surface area contributed by atoms with E-state index < -0.39 is 5.60 Å². The highest BCUT2D eigenvalue weighted by Crippen LogP contribution is 2.32. The second kappa shape index (κ2) is 8.76. The first kappa shape index (κ1) is 21.7. The number of hydrogen-bond donors (Lipinski definition) is 4. The van der Waals surface area contributed by atoms with Gasteiger partial charge in [0.25, 0.3) is 0 Å². The van der Waals surface area contributed by atoms with Gasteiger partial charge in [-0.3, -0.25) is 5.32 Å². The van der Waals surface area contributed by atoms with Gasteiger partial charge in [-0.15, -0.1) is 0 Å². The number of aromatic nitrogens is 4. The molecule has 0 aliphatic rings. The number of carbonyl (C=O) groups excluding carboxylic acids is 1. The monoisotopic (exact) mass is 412 g/mol. The number of anilines is 1. The maximum atomic E-state index is 11.9. The smallest absolute Gasteiger partial charge is 0.321 e. The summed E-state index contributed by atoms with van der Waals surface area (Å²) in [6.45, 7) is 10.1. The highest BCUT2D eigenvalue weighted by Gasteiger charge is 2.20. The standard InChI is InChI=1S/C21H28N6O3/c1-6-22-20(28)27-19-25-16-9-13(8-15(17(16)26-19)12(3)30-7-2)14-10-23-18(24-11-14)21(4,5)29/h8-12,29H,6-7H2,1-5H3,(H3,22,25,26,27,28)/t12-/m1/s1. The molecule has 2 heterocycles. The predicted octanol–water partition coefficient (Wildman–Crippen LogP) is 3.49. The summed E-state index contributed by atoms with van der Waals surface area (Å²) in [5, 5.41) is 15.5. The summed E-state index contributed by atoms with van der Waals surface area (Å²) in [4.78, 5) is 28.2. The lowest BCUT2D eigenvalue weighted by Gasteiger charge is -2.16. The van der Waals surface area contributed by atoms with E-state index >= 15 is 0 Å². The first-order valence-electron chi connectivity index (χ1n) is 9.98. The fraction of sp³-hybridized carbons (Fsp3) is 0.429. The van der Waals surface area contributed by atoms with Gasteiger partial charge in [0.1, 0.15) is 5.60 Å². The molecule has 3 aromatic rings. The van der Waals surface area contributed by atoms with Crippen LogP contribution in [0.2, 0.25) is 0 Å². The third-order valence-electron chi connectivity index (χ3n) is 4.58. The number of hydrogen-bond acceptors (Lipinski definition) is 6. The number of nitrogens with one attached hydrogen (secondary N) is 3. The molecule has 2 aromatic heterocycles. The van der Waals surface area contributed by atoms with Crippen LogP contribution in [0.3, 0.4) is 0 Å². The van der Waals surface area contributed by atoms with Crippen LogP contribution in [0.1, 0.15) is 52.1 Å². The van der Waals surface area contributed by atoms with E-state index in [9.17, 15) is 9.90 Å². The number of amides is 2. The lowest BCUT2D eigenvalue weighted by Crippen LogP contribution is -2.28. The van der Waals surface area contributed by atoms with Gasteiger partial charge in [-0.2, -0.15) is 0 Å². The third kappa shape index (κ3) is 4.74. The number of fused-ring (bicyclic) bond motifs is 1. The minimum Gasteiger partial charge on any atom is -0.382 e. The zero-order chi connectivity index (χ0) is 21.9. The Morgan fingerprint density at radius 3 is 2.53 bits per heavy atom. The Morgan fingerprint density at radius 2 is 1.93 bits per heavy atom. The van der Waals surface area contributed by atoms with E-state index in [-0.39, 0.29) is 12.1 Å². The zero-order valence-corrected chi connectivity index (χ0v) is 17.9. The first-order chi connectivity index (χ1) is 14.2. The summed E-state index contributed by atoms with van der Waals surface area (Å²) in [6.07, 6.45) is 3.17. The molecule has 0 bridgehead atoms. The minimum atomic E-state index is -1.11. The van der Waals surface area contributed by atoms with Crippen molar-refractivity contribution in [3.63, 3.8) is 0 Å². The van der Waals surface area contributed by atoms with Crippen LogP contribution in [0.15, 0.2) is 24.5 Å². The van der Waals surface area contributed by atoms with Gasteiger partial charge in [0.05, 0.1) is 17.1 Å². The predicted molar refractivity (Wildman–Crippen MR) is 115 cm³/mol. The summed E-state index contributed by atoms with van der Waals surface area (Å²) < 4.78 is 5.81. The third-order valence-corrected chi connectivity index (χ3v) is 4.58. The maximum absolute atomic E-state index is 11.9. The van der Waals surface area contributed by atoms with E-state index in [1.54, 1.807) is 26.2 Å². The summed E-state index contributed by atoms with van der Waals surface area (Å²) in [5.74, 6) is 0.704. The van der Waals surface area contributed by atoms with Gasteiger partial charge in [0.15, 0.2) is 5.82 Å². The average molecular weight is 412 g/mol. The van der Waals surface area contributed by atoms with Crippen LogP contribution in [0.4, 0.5) is 10.7 Å². The Hall–Kier alpha value is -3.04. The van der Waals surface area contributed by atoms with Crippen molar-refractivity contribution in [2.45, 2.75) is 46.3 Å². The van der Waals surface area contributed by atoms with Gasteiger partial charge >= 0.3 is 6.03 Å². The van der Waals surface area contributed by atoms with Gasteiger partial charge in [0, 0.05) is 36.7 Å². The molecule has 1 atom stereocenters. The number of H-pyrrole nitrogens is 1. The zero-order valence-electron chi connectivity index (χ0n) is 17.9. The number of aromatic amines is 1. The number of rotatable bonds is 7. The van der Waals surface area contributed by atoms with Crippen molar-refractivity contribution >= 4 is 23.0 Å². The van der Waals surface area contributed by atoms with Crippen LogP contribution >= 0.6 is 0 Å². The SMILES string of the molecule is CCNC(=O)Nc1nc2cc(-c3cnc(C(C)(C)O)nc3)cc([C@@H](C)OCC)c2[nH]1. The number of aliphatic hydroxyl groups is 1. The number of benzene rings is 1. The summed E-state index contributed by atoms with van der Waals surface area (Å²) >= 11 is 0. The van der Waals surface area contributed by atoms with Crippen LogP contribution in [0.25, 0.3) is 22.2 Å². The molecule has 0 saturated carbocycles. The fourth-order valence-electron chi connectivity index (χ4n) is 3.13. The van der Waals surface area contributed by atoms with Crippen molar-refractivity contribution in [3.8, 4) is 11.1 Å². The Morgan fingerprint density at radius 1 is 1.23 bits per heavy atom. The van der Waals surface area contributed by atoms with Crippen molar-refractivity contribution in [3.05, 3.63) is 35.9 Å². The molecule has 1 aromatic carbocycles. The van der Waals surface area contributed by atoms with Crippen LogP contribution in [0.5, 0.6) is 0 Å². The van der Waals surface area contributed by atoms with Crippen LogP contribution in [0, 0.1) is 0 Å². The molecule has 0 unspecified atom stereocenters. The molecule has 2 amide bonds. The molecule has 4 N–H and O–H groups in total. The number of nitrogens with zero attached hydrogens (tertiary/aromatic N) is 3. The van der Waals surface area contributed by atoms with Crippen LogP contribution in [-0.2, 0) is 10.3 Å². The first-order valence-corrected chi connectivity index (χ1v) is 9.98. The van der Waals surface area contributed by atoms with Gasteiger partial charge in [-0.1, -0.05) is 0 Å². The van der Waals surface area contributed by atoms with Crippen molar-refractivity contribution in [2.24, 2.45) is 0 Å². The number of carbonyl (C=O) groups is 1. The molecule has 0 aliphatic carbocycles. The second-order valence-corrected chi connectivity index (χ2v) is 7.48. The van der Waals surface area contributed by atoms with Gasteiger partial charge in [0.2, 0.25) is 5.95 Å². The Labute approximate surface area is 175 Å². The number of urea groups is 1. The van der Waals surface area contributed by atoms with Crippen molar-refractivity contribution in [1.29, 1.82) is 0 Å². The highest BCUT2D eigenvalue weighted by atomic mass is 16.5. The Bertz CT molecular complexity index is 1020. The quantitative estimate of drug-likeness (QED) is 0.471. The van der Waals surface area contributed by atoms with E-state index in [1.807, 2.05) is 32.9 Å². The molecule has 0 spiro atoms. The fourth-order valence-corrected chi connectivity index (χ4v) is 3.13. The average Bonchev–Trinajstić information content (AvgIpc) is 3.09. The maximum Gasteiger partial charge on any atom is 0.321 e.